The number of carbonyl (C=O) groups is 1. The lowest BCUT2D eigenvalue weighted by molar-refractivity contribution is -0.123. The number of amides is 1. The van der Waals surface area contributed by atoms with Crippen molar-refractivity contribution in [1.82, 2.24) is 5.32 Å². The van der Waals surface area contributed by atoms with Crippen molar-refractivity contribution in [3.05, 3.63) is 45.9 Å². The van der Waals surface area contributed by atoms with Crippen LogP contribution in [0.1, 0.15) is 18.1 Å². The molecule has 2 rings (SSSR count). The van der Waals surface area contributed by atoms with Crippen LogP contribution in [0.5, 0.6) is 23.0 Å². The van der Waals surface area contributed by atoms with Crippen LogP contribution in [0.2, 0.25) is 0 Å². The van der Waals surface area contributed by atoms with Gasteiger partial charge in [0.2, 0.25) is 0 Å². The van der Waals surface area contributed by atoms with Crippen LogP contribution in [0.3, 0.4) is 0 Å². The van der Waals surface area contributed by atoms with E-state index in [1.807, 2.05) is 6.07 Å². The minimum absolute atomic E-state index is 0.0706. The van der Waals surface area contributed by atoms with Crippen molar-refractivity contribution < 1.29 is 32.5 Å². The molecule has 31 heavy (non-hydrogen) atoms. The lowest BCUT2D eigenvalue weighted by Gasteiger charge is -2.14. The van der Waals surface area contributed by atoms with Crippen LogP contribution in [0, 0.1) is 11.3 Å². The van der Waals surface area contributed by atoms with Gasteiger partial charge in [-0.2, -0.15) is 14.0 Å². The predicted octanol–water partition coefficient (Wildman–Crippen LogP) is 4.07. The summed E-state index contributed by atoms with van der Waals surface area (Å²) >= 11 is 3.31. The smallest absolute Gasteiger partial charge is 0.387 e. The molecule has 0 fully saturated rings. The number of ether oxygens (including phenoxy) is 4. The molecule has 2 aromatic rings. The molecule has 0 bridgehead atoms. The second-order valence-corrected chi connectivity index (χ2v) is 6.94. The Kier molecular flexibility index (Phi) is 9.34. The summed E-state index contributed by atoms with van der Waals surface area (Å²) in [7, 11) is 1.36. The minimum atomic E-state index is -2.97. The lowest BCUT2D eigenvalue weighted by atomic mass is 10.1. The van der Waals surface area contributed by atoms with E-state index < -0.39 is 6.61 Å². The van der Waals surface area contributed by atoms with E-state index in [-0.39, 0.29) is 30.6 Å². The van der Waals surface area contributed by atoms with Crippen molar-refractivity contribution in [1.29, 1.82) is 5.26 Å². The zero-order chi connectivity index (χ0) is 22.8. The molecular weight excluding hydrogens is 478 g/mol. The third kappa shape index (κ3) is 7.29. The molecule has 0 aliphatic rings. The third-order valence-corrected chi connectivity index (χ3v) is 4.56. The normalized spacial score (nSPS) is 10.4. The van der Waals surface area contributed by atoms with Crippen molar-refractivity contribution in [2.45, 2.75) is 20.0 Å². The monoisotopic (exact) mass is 498 g/mol. The number of hydrogen-bond acceptors (Lipinski definition) is 6. The minimum Gasteiger partial charge on any atom is -0.493 e. The van der Waals surface area contributed by atoms with E-state index in [9.17, 15) is 13.6 Å². The van der Waals surface area contributed by atoms with E-state index in [4.69, 9.17) is 19.5 Å². The van der Waals surface area contributed by atoms with Gasteiger partial charge in [-0.1, -0.05) is 6.07 Å². The maximum atomic E-state index is 12.5. The Hall–Kier alpha value is -3.06. The highest BCUT2D eigenvalue weighted by Crippen LogP contribution is 2.36. The SMILES string of the molecule is CCOc1cc(C#N)cc(Br)c1OCC(=O)NCCc1ccc(OC)c(OC(F)F)c1. The van der Waals surface area contributed by atoms with Gasteiger partial charge in [0.1, 0.15) is 0 Å². The molecule has 2 aromatic carbocycles. The van der Waals surface area contributed by atoms with Crippen molar-refractivity contribution in [2.24, 2.45) is 0 Å². The first-order valence-corrected chi connectivity index (χ1v) is 10.0. The first-order chi connectivity index (χ1) is 14.9. The number of rotatable bonds is 11. The average molecular weight is 499 g/mol. The first kappa shape index (κ1) is 24.2. The fourth-order valence-electron chi connectivity index (χ4n) is 2.64. The van der Waals surface area contributed by atoms with E-state index in [2.05, 4.69) is 26.0 Å². The van der Waals surface area contributed by atoms with Crippen LogP contribution in [0.25, 0.3) is 0 Å². The van der Waals surface area contributed by atoms with Crippen LogP contribution in [0.15, 0.2) is 34.8 Å². The van der Waals surface area contributed by atoms with Gasteiger partial charge in [-0.25, -0.2) is 0 Å². The molecule has 0 heterocycles. The summed E-state index contributed by atoms with van der Waals surface area (Å²) in [5.41, 5.74) is 1.08. The van der Waals surface area contributed by atoms with Crippen LogP contribution < -0.4 is 24.3 Å². The van der Waals surface area contributed by atoms with E-state index in [1.54, 1.807) is 19.1 Å². The van der Waals surface area contributed by atoms with Gasteiger partial charge in [0, 0.05) is 12.6 Å². The highest BCUT2D eigenvalue weighted by atomic mass is 79.9. The van der Waals surface area contributed by atoms with Crippen LogP contribution in [-0.2, 0) is 11.2 Å². The molecule has 10 heteroatoms. The number of benzene rings is 2. The fourth-order valence-corrected chi connectivity index (χ4v) is 3.19. The maximum Gasteiger partial charge on any atom is 0.387 e. The Morgan fingerprint density at radius 3 is 2.61 bits per heavy atom. The quantitative estimate of drug-likeness (QED) is 0.502. The van der Waals surface area contributed by atoms with Gasteiger partial charge in [-0.3, -0.25) is 4.79 Å². The number of nitrogens with one attached hydrogen (secondary N) is 1. The van der Waals surface area contributed by atoms with E-state index in [0.29, 0.717) is 40.1 Å². The summed E-state index contributed by atoms with van der Waals surface area (Å²) in [6.45, 7) is -0.824. The van der Waals surface area contributed by atoms with Crippen molar-refractivity contribution >= 4 is 21.8 Å². The summed E-state index contributed by atoms with van der Waals surface area (Å²) in [4.78, 5) is 12.1. The summed E-state index contributed by atoms with van der Waals surface area (Å²) in [5.74, 6) is 0.417. The molecule has 1 N–H and O–H groups in total. The Labute approximate surface area is 187 Å². The Balaban J connectivity index is 1.92. The van der Waals surface area contributed by atoms with E-state index in [0.717, 1.165) is 0 Å². The molecule has 0 saturated heterocycles. The summed E-state index contributed by atoms with van der Waals surface area (Å²) in [6, 6.07) is 9.78. The van der Waals surface area contributed by atoms with E-state index in [1.165, 1.54) is 25.3 Å². The number of alkyl halides is 2. The Morgan fingerprint density at radius 2 is 1.97 bits per heavy atom. The molecule has 1 amide bonds. The maximum absolute atomic E-state index is 12.5. The van der Waals surface area contributed by atoms with Crippen LogP contribution in [0.4, 0.5) is 8.78 Å². The second kappa shape index (κ2) is 12.0. The summed E-state index contributed by atoms with van der Waals surface area (Å²) in [5, 5.41) is 11.8. The van der Waals surface area contributed by atoms with Crippen LogP contribution >= 0.6 is 15.9 Å². The number of methoxy groups -OCH3 is 1. The largest absolute Gasteiger partial charge is 0.493 e. The van der Waals surface area contributed by atoms with Crippen molar-refractivity contribution in [3.8, 4) is 29.1 Å². The van der Waals surface area contributed by atoms with Gasteiger partial charge < -0.3 is 24.3 Å². The molecule has 0 aliphatic heterocycles. The topological polar surface area (TPSA) is 89.8 Å². The van der Waals surface area contributed by atoms with Gasteiger partial charge in [0.25, 0.3) is 5.91 Å². The third-order valence-electron chi connectivity index (χ3n) is 3.97. The average Bonchev–Trinajstić information content (AvgIpc) is 2.73. The molecule has 0 aromatic heterocycles. The molecule has 166 valence electrons. The molecule has 0 spiro atoms. The highest BCUT2D eigenvalue weighted by Gasteiger charge is 2.15. The van der Waals surface area contributed by atoms with Gasteiger partial charge >= 0.3 is 6.61 Å². The van der Waals surface area contributed by atoms with Gasteiger partial charge in [0.15, 0.2) is 29.6 Å². The Morgan fingerprint density at radius 1 is 1.19 bits per heavy atom. The molecule has 0 unspecified atom stereocenters. The Bertz CT molecular complexity index is 950. The number of carbonyl (C=O) groups excluding carboxylic acids is 1. The summed E-state index contributed by atoms with van der Waals surface area (Å²) < 4.78 is 46.0. The van der Waals surface area contributed by atoms with Gasteiger partial charge in [-0.05, 0) is 53.0 Å². The molecule has 0 aliphatic carbocycles. The fraction of sp³-hybridized carbons (Fsp3) is 0.333. The number of hydrogen-bond donors (Lipinski definition) is 1. The molecule has 0 radical (unpaired) electrons. The molecule has 0 saturated carbocycles. The van der Waals surface area contributed by atoms with Crippen molar-refractivity contribution in [3.63, 3.8) is 0 Å². The lowest BCUT2D eigenvalue weighted by Crippen LogP contribution is -2.30. The van der Waals surface area contributed by atoms with E-state index >= 15 is 0 Å². The zero-order valence-corrected chi connectivity index (χ0v) is 18.5. The number of halogens is 3. The van der Waals surface area contributed by atoms with Crippen molar-refractivity contribution in [2.75, 3.05) is 26.9 Å². The predicted molar refractivity (Wildman–Crippen MR) is 112 cm³/mol. The molecule has 0 atom stereocenters. The zero-order valence-electron chi connectivity index (χ0n) is 16.9. The van der Waals surface area contributed by atoms with Gasteiger partial charge in [0.05, 0.1) is 29.8 Å². The van der Waals surface area contributed by atoms with Crippen LogP contribution in [-0.4, -0.2) is 39.4 Å². The first-order valence-electron chi connectivity index (χ1n) is 9.25. The number of nitrogens with zero attached hydrogens (tertiary/aromatic N) is 1. The standard InChI is InChI=1S/C21H21BrF2N2O5/c1-3-29-18-10-14(11-25)8-15(22)20(18)30-12-19(27)26-7-6-13-4-5-16(28-2)17(9-13)31-21(23)24/h4-5,8-10,21H,3,6-7,12H2,1-2H3,(H,26,27). The second-order valence-electron chi connectivity index (χ2n) is 6.08. The summed E-state index contributed by atoms with van der Waals surface area (Å²) in [6.07, 6.45) is 0.389. The molecular formula is C21H21BrF2N2O5. The number of nitriles is 1. The molecule has 7 nitrogen and oxygen atoms in total. The van der Waals surface area contributed by atoms with Gasteiger partial charge in [-0.15, -0.1) is 0 Å². The highest BCUT2D eigenvalue weighted by molar-refractivity contribution is 9.10.